The smallest absolute Gasteiger partial charge is 0.195 e. The summed E-state index contributed by atoms with van der Waals surface area (Å²) in [5.41, 5.74) is 10.2. The number of para-hydroxylation sites is 1. The molecule has 0 bridgehead atoms. The van der Waals surface area contributed by atoms with Gasteiger partial charge >= 0.3 is 0 Å². The summed E-state index contributed by atoms with van der Waals surface area (Å²) in [6.45, 7) is 3.54. The van der Waals surface area contributed by atoms with Crippen LogP contribution in [0.15, 0.2) is 66.9 Å². The molecular formula is C25H28N4O. The van der Waals surface area contributed by atoms with Gasteiger partial charge in [-0.3, -0.25) is 4.79 Å². The third-order valence-corrected chi connectivity index (χ3v) is 5.66. The number of nitrogens with zero attached hydrogens (tertiary/aromatic N) is 2. The van der Waals surface area contributed by atoms with Crippen LogP contribution in [0, 0.1) is 0 Å². The van der Waals surface area contributed by atoms with Crippen molar-refractivity contribution in [1.29, 1.82) is 0 Å². The molecule has 1 aliphatic heterocycles. The Labute approximate surface area is 177 Å². The highest BCUT2D eigenvalue weighted by Gasteiger charge is 2.16. The van der Waals surface area contributed by atoms with Gasteiger partial charge in [0.2, 0.25) is 0 Å². The fourth-order valence-electron chi connectivity index (χ4n) is 3.99. The second-order valence-electron chi connectivity index (χ2n) is 7.75. The minimum absolute atomic E-state index is 0.0287. The molecule has 1 aromatic heterocycles. The molecule has 0 unspecified atom stereocenters. The molecule has 0 aliphatic carbocycles. The van der Waals surface area contributed by atoms with E-state index in [1.54, 1.807) is 6.20 Å². The summed E-state index contributed by atoms with van der Waals surface area (Å²) in [6.07, 6.45) is 6.41. The molecule has 5 heteroatoms. The van der Waals surface area contributed by atoms with Crippen LogP contribution in [-0.4, -0.2) is 35.3 Å². The molecule has 2 aromatic carbocycles. The number of carbonyl (C=O) groups is 1. The van der Waals surface area contributed by atoms with Crippen molar-refractivity contribution in [2.45, 2.75) is 25.7 Å². The average molecular weight is 401 g/mol. The number of aryl methyl sites for hydroxylation is 1. The normalized spacial score (nSPS) is 14.0. The monoisotopic (exact) mass is 400 g/mol. The summed E-state index contributed by atoms with van der Waals surface area (Å²) in [4.78, 5) is 19.9. The molecule has 3 aromatic rings. The van der Waals surface area contributed by atoms with Gasteiger partial charge in [-0.2, -0.15) is 0 Å². The molecule has 30 heavy (non-hydrogen) atoms. The van der Waals surface area contributed by atoms with Crippen LogP contribution >= 0.6 is 0 Å². The first-order valence-corrected chi connectivity index (χ1v) is 10.6. The highest BCUT2D eigenvalue weighted by atomic mass is 16.1. The van der Waals surface area contributed by atoms with Gasteiger partial charge in [-0.05, 0) is 69.1 Å². The molecule has 4 rings (SSSR count). The van der Waals surface area contributed by atoms with Crippen molar-refractivity contribution in [2.75, 3.05) is 30.7 Å². The SMILES string of the molecule is Nc1c(CCCN2CCCC2)ccnc1Nc1ccccc1C(=O)c1ccccc1. The van der Waals surface area contributed by atoms with Crippen LogP contribution in [0.1, 0.15) is 40.7 Å². The van der Waals surface area contributed by atoms with Gasteiger partial charge < -0.3 is 16.0 Å². The minimum atomic E-state index is -0.0287. The summed E-state index contributed by atoms with van der Waals surface area (Å²) < 4.78 is 0. The van der Waals surface area contributed by atoms with E-state index in [4.69, 9.17) is 5.73 Å². The van der Waals surface area contributed by atoms with E-state index in [1.807, 2.05) is 60.7 Å². The van der Waals surface area contributed by atoms with Crippen LogP contribution in [0.3, 0.4) is 0 Å². The topological polar surface area (TPSA) is 71.2 Å². The van der Waals surface area contributed by atoms with Gasteiger partial charge in [-0.1, -0.05) is 42.5 Å². The molecule has 2 heterocycles. The zero-order valence-electron chi connectivity index (χ0n) is 17.2. The number of hydrogen-bond donors (Lipinski definition) is 2. The maximum Gasteiger partial charge on any atom is 0.195 e. The van der Waals surface area contributed by atoms with Crippen molar-refractivity contribution in [3.63, 3.8) is 0 Å². The average Bonchev–Trinajstić information content (AvgIpc) is 3.30. The number of rotatable bonds is 8. The van der Waals surface area contributed by atoms with Gasteiger partial charge in [0.05, 0.1) is 11.4 Å². The number of benzene rings is 2. The van der Waals surface area contributed by atoms with Gasteiger partial charge in [0.1, 0.15) is 0 Å². The Balaban J connectivity index is 1.50. The molecule has 1 aliphatic rings. The van der Waals surface area contributed by atoms with Crippen molar-refractivity contribution >= 4 is 23.0 Å². The second-order valence-corrected chi connectivity index (χ2v) is 7.75. The third-order valence-electron chi connectivity index (χ3n) is 5.66. The van der Waals surface area contributed by atoms with Crippen molar-refractivity contribution in [3.8, 4) is 0 Å². The molecular weight excluding hydrogens is 372 g/mol. The van der Waals surface area contributed by atoms with Crippen molar-refractivity contribution in [1.82, 2.24) is 9.88 Å². The summed E-state index contributed by atoms with van der Waals surface area (Å²) in [5.74, 6) is 0.570. The molecule has 154 valence electrons. The lowest BCUT2D eigenvalue weighted by atomic mass is 10.0. The second kappa shape index (κ2) is 9.55. The Morgan fingerprint density at radius 3 is 2.53 bits per heavy atom. The number of likely N-dealkylation sites (tertiary alicyclic amines) is 1. The standard InChI is InChI=1S/C25H28N4O/c26-23-19(11-8-18-29-16-6-7-17-29)14-15-27-25(23)28-22-13-5-4-12-21(22)24(30)20-9-2-1-3-10-20/h1-5,9-10,12-15H,6-8,11,16-18,26H2,(H,27,28). The Morgan fingerprint density at radius 2 is 1.73 bits per heavy atom. The Morgan fingerprint density at radius 1 is 1.00 bits per heavy atom. The summed E-state index contributed by atoms with van der Waals surface area (Å²) >= 11 is 0. The van der Waals surface area contributed by atoms with E-state index >= 15 is 0 Å². The highest BCUT2D eigenvalue weighted by molar-refractivity contribution is 6.12. The van der Waals surface area contributed by atoms with Crippen molar-refractivity contribution in [3.05, 3.63) is 83.6 Å². The molecule has 0 saturated carbocycles. The van der Waals surface area contributed by atoms with Crippen LogP contribution in [0.4, 0.5) is 17.2 Å². The van der Waals surface area contributed by atoms with E-state index < -0.39 is 0 Å². The van der Waals surface area contributed by atoms with E-state index in [0.717, 1.165) is 24.9 Å². The van der Waals surface area contributed by atoms with E-state index in [1.165, 1.54) is 25.9 Å². The Hall–Kier alpha value is -3.18. The quantitative estimate of drug-likeness (QED) is 0.538. The lowest BCUT2D eigenvalue weighted by molar-refractivity contribution is 0.103. The predicted molar refractivity (Wildman–Crippen MR) is 122 cm³/mol. The summed E-state index contributed by atoms with van der Waals surface area (Å²) in [5, 5.41) is 3.30. The van der Waals surface area contributed by atoms with Crippen LogP contribution in [0.25, 0.3) is 0 Å². The van der Waals surface area contributed by atoms with Crippen LogP contribution in [0.5, 0.6) is 0 Å². The molecule has 0 spiro atoms. The molecule has 0 amide bonds. The van der Waals surface area contributed by atoms with Gasteiger partial charge in [-0.25, -0.2) is 4.98 Å². The van der Waals surface area contributed by atoms with Crippen LogP contribution in [0.2, 0.25) is 0 Å². The van der Waals surface area contributed by atoms with Crippen LogP contribution in [-0.2, 0) is 6.42 Å². The molecule has 5 nitrogen and oxygen atoms in total. The highest BCUT2D eigenvalue weighted by Crippen LogP contribution is 2.28. The minimum Gasteiger partial charge on any atom is -0.396 e. The van der Waals surface area contributed by atoms with Gasteiger partial charge in [-0.15, -0.1) is 0 Å². The van der Waals surface area contributed by atoms with Gasteiger partial charge in [0, 0.05) is 17.3 Å². The first kappa shape index (κ1) is 20.1. The maximum atomic E-state index is 13.0. The fourth-order valence-corrected chi connectivity index (χ4v) is 3.99. The van der Waals surface area contributed by atoms with Gasteiger partial charge in [0.25, 0.3) is 0 Å². The van der Waals surface area contributed by atoms with E-state index in [2.05, 4.69) is 15.2 Å². The molecule has 3 N–H and O–H groups in total. The third kappa shape index (κ3) is 4.69. The molecule has 0 atom stereocenters. The maximum absolute atomic E-state index is 13.0. The predicted octanol–water partition coefficient (Wildman–Crippen LogP) is 4.67. The number of nitrogen functional groups attached to an aromatic ring is 1. The summed E-state index contributed by atoms with van der Waals surface area (Å²) in [7, 11) is 0. The number of ketones is 1. The van der Waals surface area contributed by atoms with E-state index in [0.29, 0.717) is 28.3 Å². The number of hydrogen-bond acceptors (Lipinski definition) is 5. The first-order valence-electron chi connectivity index (χ1n) is 10.6. The lowest BCUT2D eigenvalue weighted by Gasteiger charge is -2.16. The van der Waals surface area contributed by atoms with E-state index in [9.17, 15) is 4.79 Å². The number of anilines is 3. The Bertz CT molecular complexity index is 997. The first-order chi connectivity index (χ1) is 14.7. The number of carbonyl (C=O) groups excluding carboxylic acids is 1. The number of nitrogens with one attached hydrogen (secondary N) is 1. The van der Waals surface area contributed by atoms with E-state index in [-0.39, 0.29) is 5.78 Å². The molecule has 0 radical (unpaired) electrons. The molecule has 1 fully saturated rings. The Kier molecular flexibility index (Phi) is 6.40. The van der Waals surface area contributed by atoms with Gasteiger partial charge in [0.15, 0.2) is 11.6 Å². The fraction of sp³-hybridized carbons (Fsp3) is 0.280. The lowest BCUT2D eigenvalue weighted by Crippen LogP contribution is -2.20. The van der Waals surface area contributed by atoms with Crippen molar-refractivity contribution < 1.29 is 4.79 Å². The molecule has 1 saturated heterocycles. The van der Waals surface area contributed by atoms with Crippen LogP contribution < -0.4 is 11.1 Å². The summed E-state index contributed by atoms with van der Waals surface area (Å²) in [6, 6.07) is 18.8. The zero-order valence-corrected chi connectivity index (χ0v) is 17.2. The number of aromatic nitrogens is 1. The number of nitrogens with two attached hydrogens (primary N) is 1. The largest absolute Gasteiger partial charge is 0.396 e. The van der Waals surface area contributed by atoms with Crippen molar-refractivity contribution in [2.24, 2.45) is 0 Å². The number of pyridine rings is 1. The zero-order chi connectivity index (χ0) is 20.8.